The number of fused-ring (bicyclic) bond motifs is 2. The summed E-state index contributed by atoms with van der Waals surface area (Å²) in [6.07, 6.45) is 14.0. The predicted molar refractivity (Wildman–Crippen MR) is 172 cm³/mol. The number of carbonyl (C=O) groups is 2. The summed E-state index contributed by atoms with van der Waals surface area (Å²) in [7, 11) is 0. The lowest BCUT2D eigenvalue weighted by atomic mass is 10.1. The van der Waals surface area contributed by atoms with E-state index >= 15 is 0 Å². The number of hydrogen-bond donors (Lipinski definition) is 0. The lowest BCUT2D eigenvalue weighted by Crippen LogP contribution is -2.25. The van der Waals surface area contributed by atoms with E-state index in [-0.39, 0.29) is 23.1 Å². The summed E-state index contributed by atoms with van der Waals surface area (Å²) < 4.78 is 12.2. The average Bonchev–Trinajstić information content (AvgIpc) is 3.50. The van der Waals surface area contributed by atoms with Crippen LogP contribution in [0.4, 0.5) is 11.4 Å². The lowest BCUT2D eigenvalue weighted by molar-refractivity contribution is 0.0960. The second-order valence-corrected chi connectivity index (χ2v) is 11.7. The molecule has 228 valence electrons. The molecule has 6 heteroatoms. The quantitative estimate of drug-likeness (QED) is 0.131. The fourth-order valence-electron chi connectivity index (χ4n) is 5.77. The third-order valence-corrected chi connectivity index (χ3v) is 8.32. The van der Waals surface area contributed by atoms with E-state index in [4.69, 9.17) is 9.47 Å². The van der Waals surface area contributed by atoms with Crippen LogP contribution >= 0.6 is 0 Å². The molecule has 0 N–H and O–H groups in total. The second-order valence-electron chi connectivity index (χ2n) is 11.7. The molecule has 0 fully saturated rings. The van der Waals surface area contributed by atoms with Crippen LogP contribution in [-0.4, -0.2) is 37.7 Å². The van der Waals surface area contributed by atoms with Gasteiger partial charge < -0.3 is 19.3 Å². The van der Waals surface area contributed by atoms with Crippen molar-refractivity contribution < 1.29 is 19.1 Å². The number of hydrogen-bond acceptors (Lipinski definition) is 6. The highest BCUT2D eigenvalue weighted by atomic mass is 16.5. The van der Waals surface area contributed by atoms with E-state index in [9.17, 15) is 9.59 Å². The molecular weight excluding hydrogens is 524 g/mol. The largest absolute Gasteiger partial charge is 0.448 e. The predicted octanol–water partition coefficient (Wildman–Crippen LogP) is 9.12. The molecule has 0 unspecified atom stereocenters. The van der Waals surface area contributed by atoms with Crippen LogP contribution < -0.4 is 19.3 Å². The van der Waals surface area contributed by atoms with Crippen LogP contribution in [0.25, 0.3) is 0 Å². The van der Waals surface area contributed by atoms with Crippen molar-refractivity contribution in [1.82, 2.24) is 0 Å². The van der Waals surface area contributed by atoms with Crippen LogP contribution in [0.5, 0.6) is 11.5 Å². The van der Waals surface area contributed by atoms with Gasteiger partial charge in [-0.1, -0.05) is 79.1 Å². The Kier molecular flexibility index (Phi) is 11.9. The first-order chi connectivity index (χ1) is 20.5. The van der Waals surface area contributed by atoms with Crippen molar-refractivity contribution in [1.29, 1.82) is 0 Å². The van der Waals surface area contributed by atoms with Crippen molar-refractivity contribution >= 4 is 22.9 Å². The van der Waals surface area contributed by atoms with E-state index in [0.29, 0.717) is 22.6 Å². The number of ether oxygens (including phenoxy) is 2. The Bertz CT molecular complexity index is 1140. The molecule has 0 saturated heterocycles. The third-order valence-electron chi connectivity index (χ3n) is 8.32. The minimum Gasteiger partial charge on any atom is -0.448 e. The number of benzene rings is 2. The minimum absolute atomic E-state index is 0.00355. The lowest BCUT2D eigenvalue weighted by Gasteiger charge is -2.25. The summed E-state index contributed by atoms with van der Waals surface area (Å²) in [5, 5.41) is 0. The highest BCUT2D eigenvalue weighted by Gasteiger charge is 2.39. The molecule has 6 nitrogen and oxygen atoms in total. The topological polar surface area (TPSA) is 59.1 Å². The smallest absolute Gasteiger partial charge is 0.236 e. The zero-order chi connectivity index (χ0) is 29.9. The molecule has 0 spiro atoms. The zero-order valence-electron chi connectivity index (χ0n) is 26.3. The Morgan fingerprint density at radius 2 is 0.833 bits per heavy atom. The molecule has 4 rings (SSSR count). The Labute approximate surface area is 253 Å². The summed E-state index contributed by atoms with van der Waals surface area (Å²) in [5.41, 5.74) is 3.07. The maximum atomic E-state index is 13.4. The van der Waals surface area contributed by atoms with Gasteiger partial charge in [0.1, 0.15) is 11.5 Å². The molecule has 2 aliphatic heterocycles. The van der Waals surface area contributed by atoms with Gasteiger partial charge in [0, 0.05) is 49.7 Å². The van der Waals surface area contributed by atoms with Gasteiger partial charge in [-0.15, -0.1) is 0 Å². The fourth-order valence-corrected chi connectivity index (χ4v) is 5.77. The van der Waals surface area contributed by atoms with Crippen LogP contribution in [0.2, 0.25) is 0 Å². The number of unbranched alkanes of at least 4 members (excludes halogenated alkanes) is 8. The second kappa shape index (κ2) is 15.8. The summed E-state index contributed by atoms with van der Waals surface area (Å²) in [6, 6.07) is 11.6. The van der Waals surface area contributed by atoms with Gasteiger partial charge >= 0.3 is 0 Å². The fraction of sp³-hybridized carbons (Fsp3) is 0.556. The maximum absolute atomic E-state index is 13.4. The monoisotopic (exact) mass is 574 g/mol. The average molecular weight is 575 g/mol. The summed E-state index contributed by atoms with van der Waals surface area (Å²) in [5.74, 6) is 0.408. The number of rotatable bonds is 18. The van der Waals surface area contributed by atoms with Gasteiger partial charge in [0.15, 0.2) is 0 Å². The van der Waals surface area contributed by atoms with Gasteiger partial charge in [0.05, 0.1) is 11.1 Å². The van der Waals surface area contributed by atoms with Crippen molar-refractivity contribution in [3.8, 4) is 11.5 Å². The SMILES string of the molecule is CCCCCN(CCCCC)c1ccc2c(c1)O/C(=C1/Oc3cc(N(CCCCC)CCCCC)ccc3C1=O)C2=O. The van der Waals surface area contributed by atoms with Crippen molar-refractivity contribution in [2.24, 2.45) is 0 Å². The van der Waals surface area contributed by atoms with Crippen LogP contribution in [0.1, 0.15) is 125 Å². The standard InChI is InChI=1S/C36H50N2O4/c1-5-9-13-21-37(22-14-10-6-2)27-17-19-29-31(25-27)41-35(33(29)39)36-34(40)30-20-18-28(26-32(30)42-36)38(23-15-11-7-3)24-16-12-8-4/h17-20,25-26H,5-16,21-24H2,1-4H3/b36-35+. The van der Waals surface area contributed by atoms with Crippen molar-refractivity contribution in [2.45, 2.75) is 105 Å². The molecule has 2 heterocycles. The first kappa shape index (κ1) is 31.7. The first-order valence-electron chi connectivity index (χ1n) is 16.5. The molecule has 0 radical (unpaired) electrons. The molecular formula is C36H50N2O4. The number of anilines is 2. The van der Waals surface area contributed by atoms with Crippen LogP contribution in [0, 0.1) is 0 Å². The summed E-state index contributed by atoms with van der Waals surface area (Å²) in [6.45, 7) is 12.8. The van der Waals surface area contributed by atoms with E-state index < -0.39 is 0 Å². The molecule has 0 aliphatic carbocycles. The molecule has 0 atom stereocenters. The minimum atomic E-state index is -0.294. The van der Waals surface area contributed by atoms with Gasteiger partial charge in [-0.3, -0.25) is 9.59 Å². The molecule has 2 aliphatic rings. The highest BCUT2D eigenvalue weighted by molar-refractivity contribution is 6.21. The molecule has 0 bridgehead atoms. The van der Waals surface area contributed by atoms with Gasteiger partial charge in [0.2, 0.25) is 23.1 Å². The number of carbonyl (C=O) groups excluding carboxylic acids is 2. The van der Waals surface area contributed by atoms with Crippen LogP contribution in [0.15, 0.2) is 47.9 Å². The van der Waals surface area contributed by atoms with E-state index in [1.807, 2.05) is 36.4 Å². The third kappa shape index (κ3) is 7.56. The van der Waals surface area contributed by atoms with Crippen molar-refractivity contribution in [2.75, 3.05) is 36.0 Å². The van der Waals surface area contributed by atoms with Gasteiger partial charge in [-0.05, 0) is 49.9 Å². The highest BCUT2D eigenvalue weighted by Crippen LogP contribution is 2.41. The van der Waals surface area contributed by atoms with Gasteiger partial charge in [-0.2, -0.15) is 0 Å². The van der Waals surface area contributed by atoms with E-state index in [1.54, 1.807) is 0 Å². The Morgan fingerprint density at radius 1 is 0.500 bits per heavy atom. The van der Waals surface area contributed by atoms with Crippen molar-refractivity contribution in [3.05, 3.63) is 59.0 Å². The number of ketones is 2. The van der Waals surface area contributed by atoms with Gasteiger partial charge in [0.25, 0.3) is 0 Å². The molecule has 42 heavy (non-hydrogen) atoms. The Morgan fingerprint density at radius 3 is 1.14 bits per heavy atom. The molecule has 2 aromatic rings. The first-order valence-corrected chi connectivity index (χ1v) is 16.5. The summed E-state index contributed by atoms with van der Waals surface area (Å²) >= 11 is 0. The number of allylic oxidation sites excluding steroid dienone is 2. The molecule has 0 saturated carbocycles. The molecule has 0 aromatic heterocycles. The van der Waals surface area contributed by atoms with Crippen LogP contribution in [0.3, 0.4) is 0 Å². The van der Waals surface area contributed by atoms with Crippen molar-refractivity contribution in [3.63, 3.8) is 0 Å². The number of Topliss-reactive ketones (excluding diaryl/α,β-unsaturated/α-hetero) is 2. The molecule has 0 amide bonds. The molecule has 2 aromatic carbocycles. The number of nitrogens with zero attached hydrogens (tertiary/aromatic N) is 2. The van der Waals surface area contributed by atoms with Crippen LogP contribution in [-0.2, 0) is 0 Å². The summed E-state index contributed by atoms with van der Waals surface area (Å²) in [4.78, 5) is 31.6. The van der Waals surface area contributed by atoms with E-state index in [0.717, 1.165) is 63.2 Å². The Hall–Kier alpha value is -3.28. The van der Waals surface area contributed by atoms with Gasteiger partial charge in [-0.25, -0.2) is 0 Å². The maximum Gasteiger partial charge on any atom is 0.236 e. The Balaban J connectivity index is 1.54. The zero-order valence-corrected chi connectivity index (χ0v) is 26.3. The normalized spacial score (nSPS) is 15.4. The van der Waals surface area contributed by atoms with E-state index in [2.05, 4.69) is 37.5 Å². The van der Waals surface area contributed by atoms with E-state index in [1.165, 1.54) is 51.4 Å².